The molecular weight excluding hydrogens is 499 g/mol. The molecule has 1 aliphatic rings. The van der Waals surface area contributed by atoms with Crippen LogP contribution in [-0.2, 0) is 23.8 Å². The van der Waals surface area contributed by atoms with Gasteiger partial charge in [-0.05, 0) is 24.4 Å². The van der Waals surface area contributed by atoms with E-state index in [0.717, 1.165) is 55.9 Å². The lowest BCUT2D eigenvalue weighted by atomic mass is 10.1. The van der Waals surface area contributed by atoms with Crippen molar-refractivity contribution >= 4 is 17.8 Å². The minimum Gasteiger partial charge on any atom is -0.462 e. The number of hydrogen-bond donors (Lipinski definition) is 1. The van der Waals surface area contributed by atoms with Gasteiger partial charge >= 0.3 is 17.6 Å². The number of nitrogen functional groups attached to an aromatic ring is 1. The molecule has 0 aromatic carbocycles. The molecule has 0 spiro atoms. The molecule has 13 heteroatoms. The van der Waals surface area contributed by atoms with Gasteiger partial charge in [0.2, 0.25) is 5.72 Å². The highest BCUT2D eigenvalue weighted by atomic mass is 19.1. The van der Waals surface area contributed by atoms with Crippen LogP contribution in [0.4, 0.5) is 10.2 Å². The fraction of sp³-hybridized carbons (Fsp3) is 0.760. The molecule has 2 rings (SSSR count). The van der Waals surface area contributed by atoms with Gasteiger partial charge in [0, 0.05) is 24.0 Å². The minimum atomic E-state index is -2.23. The van der Waals surface area contributed by atoms with Crippen LogP contribution >= 0.6 is 0 Å². The van der Waals surface area contributed by atoms with E-state index in [0.29, 0.717) is 12.8 Å². The van der Waals surface area contributed by atoms with Gasteiger partial charge in [-0.1, -0.05) is 70.3 Å². The molecular formula is C25H39FN6O6. The second kappa shape index (κ2) is 15.9. The van der Waals surface area contributed by atoms with Gasteiger partial charge < -0.3 is 19.9 Å². The van der Waals surface area contributed by atoms with Crippen LogP contribution in [0.3, 0.4) is 0 Å². The van der Waals surface area contributed by atoms with Crippen LogP contribution in [0.5, 0.6) is 0 Å². The zero-order valence-corrected chi connectivity index (χ0v) is 22.2. The van der Waals surface area contributed by atoms with Gasteiger partial charge in [-0.3, -0.25) is 14.2 Å². The maximum absolute atomic E-state index is 15.8. The monoisotopic (exact) mass is 538 g/mol. The van der Waals surface area contributed by atoms with Gasteiger partial charge in [0.1, 0.15) is 12.4 Å². The smallest absolute Gasteiger partial charge is 0.351 e. The summed E-state index contributed by atoms with van der Waals surface area (Å²) >= 11 is 0. The Labute approximate surface area is 221 Å². The van der Waals surface area contributed by atoms with Crippen molar-refractivity contribution in [3.05, 3.63) is 33.2 Å². The lowest BCUT2D eigenvalue weighted by Gasteiger charge is -2.28. The minimum absolute atomic E-state index is 0.0187. The van der Waals surface area contributed by atoms with E-state index in [-0.39, 0.29) is 18.7 Å². The van der Waals surface area contributed by atoms with Crippen LogP contribution in [0.2, 0.25) is 0 Å². The molecule has 1 aliphatic heterocycles. The Balaban J connectivity index is 2.21. The Bertz CT molecular complexity index is 1020. The molecule has 1 aromatic rings. The maximum atomic E-state index is 15.8. The standard InChI is InChI=1S/C25H39FN6O6/c1-3-5-7-9-11-13-19(33)36-17-25(30-31-28)22(37-20(34)14-12-10-8-6-4-2)21(26)23(38-25)32-16-15-18(27)29-24(32)35/h15-16,21-23H,3-14,17H2,1-2H3,(H2,27,29,35)/t21-,22+,23-,25-/m1/s1. The summed E-state index contributed by atoms with van der Waals surface area (Å²) in [6, 6.07) is 1.26. The fourth-order valence-electron chi connectivity index (χ4n) is 4.23. The molecule has 12 nitrogen and oxygen atoms in total. The zero-order chi connectivity index (χ0) is 28.0. The lowest BCUT2D eigenvalue weighted by Crippen LogP contribution is -2.47. The number of unbranched alkanes of at least 4 members (excludes halogenated alkanes) is 8. The van der Waals surface area contributed by atoms with E-state index in [1.54, 1.807) is 0 Å². The summed E-state index contributed by atoms with van der Waals surface area (Å²) in [5, 5.41) is 3.58. The van der Waals surface area contributed by atoms with Crippen LogP contribution in [-0.4, -0.2) is 46.1 Å². The summed E-state index contributed by atoms with van der Waals surface area (Å²) in [5.74, 6) is -1.40. The Morgan fingerprint density at radius 2 is 1.74 bits per heavy atom. The molecule has 0 unspecified atom stereocenters. The van der Waals surface area contributed by atoms with E-state index in [9.17, 15) is 19.9 Å². The third-order valence-corrected chi connectivity index (χ3v) is 6.34. The van der Waals surface area contributed by atoms with Crippen LogP contribution in [0.15, 0.2) is 22.2 Å². The van der Waals surface area contributed by atoms with E-state index in [1.165, 1.54) is 12.3 Å². The molecule has 2 N–H and O–H groups in total. The summed E-state index contributed by atoms with van der Waals surface area (Å²) in [7, 11) is 0. The zero-order valence-electron chi connectivity index (χ0n) is 22.2. The van der Waals surface area contributed by atoms with Crippen molar-refractivity contribution in [2.45, 2.75) is 115 Å². The molecule has 1 aromatic heterocycles. The van der Waals surface area contributed by atoms with Crippen LogP contribution < -0.4 is 11.4 Å². The number of azide groups is 1. The first-order valence-electron chi connectivity index (χ1n) is 13.4. The van der Waals surface area contributed by atoms with E-state index < -0.39 is 48.5 Å². The van der Waals surface area contributed by atoms with E-state index in [4.69, 9.17) is 19.9 Å². The third-order valence-electron chi connectivity index (χ3n) is 6.34. The molecule has 0 amide bonds. The summed E-state index contributed by atoms with van der Waals surface area (Å²) in [6.07, 6.45) is 4.66. The van der Waals surface area contributed by atoms with Gasteiger partial charge in [0.05, 0.1) is 0 Å². The first kappa shape index (κ1) is 31.0. The molecule has 38 heavy (non-hydrogen) atoms. The van der Waals surface area contributed by atoms with E-state index in [2.05, 4.69) is 28.9 Å². The second-order valence-electron chi connectivity index (χ2n) is 9.43. The van der Waals surface area contributed by atoms with Crippen molar-refractivity contribution in [1.82, 2.24) is 9.55 Å². The molecule has 0 saturated carbocycles. The average Bonchev–Trinajstić information content (AvgIpc) is 3.14. The number of anilines is 1. The van der Waals surface area contributed by atoms with Crippen LogP contribution in [0, 0.1) is 0 Å². The number of nitrogens with two attached hydrogens (primary N) is 1. The van der Waals surface area contributed by atoms with Gasteiger partial charge in [-0.2, -0.15) is 4.98 Å². The van der Waals surface area contributed by atoms with Gasteiger partial charge in [0.15, 0.2) is 18.5 Å². The number of halogens is 1. The van der Waals surface area contributed by atoms with Crippen LogP contribution in [0.25, 0.3) is 10.4 Å². The molecule has 0 bridgehead atoms. The summed E-state index contributed by atoms with van der Waals surface area (Å²) in [5.41, 5.74) is 11.7. The summed E-state index contributed by atoms with van der Waals surface area (Å²) in [4.78, 5) is 43.7. The van der Waals surface area contributed by atoms with E-state index >= 15 is 4.39 Å². The lowest BCUT2D eigenvalue weighted by molar-refractivity contribution is -0.177. The quantitative estimate of drug-likeness (QED) is 0.0961. The highest BCUT2D eigenvalue weighted by Gasteiger charge is 2.60. The number of carbonyl (C=O) groups excluding carboxylic acids is 2. The largest absolute Gasteiger partial charge is 0.462 e. The number of aromatic nitrogens is 2. The number of rotatable bonds is 17. The molecule has 1 fully saturated rings. The topological polar surface area (TPSA) is 171 Å². The van der Waals surface area contributed by atoms with Crippen molar-refractivity contribution in [2.75, 3.05) is 12.3 Å². The third kappa shape index (κ3) is 8.98. The van der Waals surface area contributed by atoms with Crippen molar-refractivity contribution in [2.24, 2.45) is 5.11 Å². The highest BCUT2D eigenvalue weighted by molar-refractivity contribution is 5.70. The predicted molar refractivity (Wildman–Crippen MR) is 137 cm³/mol. The van der Waals surface area contributed by atoms with Gasteiger partial charge in [-0.15, -0.1) is 0 Å². The Morgan fingerprint density at radius 3 is 2.32 bits per heavy atom. The first-order valence-corrected chi connectivity index (χ1v) is 13.4. The Hall–Kier alpha value is -3.18. The molecule has 2 heterocycles. The fourth-order valence-corrected chi connectivity index (χ4v) is 4.23. The Kier molecular flexibility index (Phi) is 13.0. The molecule has 4 atom stereocenters. The molecule has 0 radical (unpaired) electrons. The molecule has 1 saturated heterocycles. The van der Waals surface area contributed by atoms with Crippen molar-refractivity contribution in [1.29, 1.82) is 0 Å². The van der Waals surface area contributed by atoms with Gasteiger partial charge in [0.25, 0.3) is 0 Å². The SMILES string of the molecule is CCCCCCCC(=O)OC[C@@]1(N=[N+]=[N-])O[C@@H](n2ccc(N)nc2=O)[C@H](F)[C@@H]1OC(=O)CCCCCCC. The number of hydrogen-bond acceptors (Lipinski definition) is 9. The highest BCUT2D eigenvalue weighted by Crippen LogP contribution is 2.42. The summed E-state index contributed by atoms with van der Waals surface area (Å²) in [6.45, 7) is 3.46. The molecule has 212 valence electrons. The van der Waals surface area contributed by atoms with Crippen LogP contribution in [0.1, 0.15) is 97.1 Å². The average molecular weight is 539 g/mol. The maximum Gasteiger partial charge on any atom is 0.351 e. The van der Waals surface area contributed by atoms with Crippen molar-refractivity contribution in [3.8, 4) is 0 Å². The van der Waals surface area contributed by atoms with Crippen molar-refractivity contribution < 1.29 is 28.2 Å². The molecule has 0 aliphatic carbocycles. The normalized spacial score (nSPS) is 22.6. The van der Waals surface area contributed by atoms with Gasteiger partial charge in [-0.25, -0.2) is 9.18 Å². The second-order valence-corrected chi connectivity index (χ2v) is 9.43. The number of ether oxygens (including phenoxy) is 3. The van der Waals surface area contributed by atoms with E-state index in [1.807, 2.05) is 0 Å². The number of nitrogens with zero attached hydrogens (tertiary/aromatic N) is 5. The number of carbonyl (C=O) groups is 2. The predicted octanol–water partition coefficient (Wildman–Crippen LogP) is 4.88. The Morgan fingerprint density at radius 1 is 1.13 bits per heavy atom. The number of esters is 2. The first-order chi connectivity index (χ1) is 18.3. The summed E-state index contributed by atoms with van der Waals surface area (Å²) < 4.78 is 33.0. The van der Waals surface area contributed by atoms with Crippen molar-refractivity contribution in [3.63, 3.8) is 0 Å². The number of alkyl halides is 1.